The third kappa shape index (κ3) is 5.68. The lowest BCUT2D eigenvalue weighted by atomic mass is 10.2. The van der Waals surface area contributed by atoms with Crippen LogP contribution in [0, 0.1) is 0 Å². The van der Waals surface area contributed by atoms with Gasteiger partial charge < -0.3 is 10.1 Å². The van der Waals surface area contributed by atoms with E-state index in [0.29, 0.717) is 24.1 Å². The third-order valence-electron chi connectivity index (χ3n) is 3.76. The summed E-state index contributed by atoms with van der Waals surface area (Å²) in [5, 5.41) is 5.35. The van der Waals surface area contributed by atoms with Crippen molar-refractivity contribution in [2.24, 2.45) is 0 Å². The van der Waals surface area contributed by atoms with Crippen molar-refractivity contribution in [3.05, 3.63) is 58.6 Å². The topological polar surface area (TPSA) is 51.2 Å². The molecule has 3 aromatic rings. The Morgan fingerprint density at radius 1 is 1.28 bits per heavy atom. The molecular weight excluding hydrogens is 438 g/mol. The molecule has 0 fully saturated rings. The molecule has 0 saturated carbocycles. The molecule has 1 N–H and O–H groups in total. The molecule has 1 amide bonds. The van der Waals surface area contributed by atoms with E-state index in [4.69, 9.17) is 16.3 Å². The molecule has 0 radical (unpaired) electrons. The summed E-state index contributed by atoms with van der Waals surface area (Å²) in [7, 11) is 0. The van der Waals surface area contributed by atoms with Gasteiger partial charge in [0, 0.05) is 5.38 Å². The van der Waals surface area contributed by atoms with Crippen LogP contribution in [0.2, 0.25) is 5.02 Å². The van der Waals surface area contributed by atoms with E-state index in [0.717, 1.165) is 16.3 Å². The molecule has 2 aromatic carbocycles. The van der Waals surface area contributed by atoms with Crippen LogP contribution in [0.1, 0.15) is 12.6 Å². The predicted octanol–water partition coefficient (Wildman–Crippen LogP) is 6.36. The number of alkyl halides is 2. The summed E-state index contributed by atoms with van der Waals surface area (Å²) in [5.41, 5.74) is 1.69. The van der Waals surface area contributed by atoms with Gasteiger partial charge in [0.15, 0.2) is 0 Å². The Morgan fingerprint density at radius 2 is 2.07 bits per heavy atom. The first-order chi connectivity index (χ1) is 14.0. The van der Waals surface area contributed by atoms with Gasteiger partial charge in [0.2, 0.25) is 5.91 Å². The molecule has 152 valence electrons. The quantitative estimate of drug-likeness (QED) is 0.402. The first kappa shape index (κ1) is 21.5. The van der Waals surface area contributed by atoms with Crippen molar-refractivity contribution in [3.8, 4) is 16.3 Å². The van der Waals surface area contributed by atoms with Gasteiger partial charge in [-0.15, -0.1) is 11.3 Å². The molecular formula is C20H17ClF2N2O2S2. The number of thiazole rings is 1. The zero-order chi connectivity index (χ0) is 20.8. The second kappa shape index (κ2) is 10.0. The van der Waals surface area contributed by atoms with Gasteiger partial charge in [0.25, 0.3) is 5.76 Å². The molecule has 0 aliphatic carbocycles. The zero-order valence-corrected chi connectivity index (χ0v) is 17.7. The average molecular weight is 455 g/mol. The maximum atomic E-state index is 12.8. The first-order valence-electron chi connectivity index (χ1n) is 8.67. The summed E-state index contributed by atoms with van der Waals surface area (Å²) >= 11 is 7.71. The van der Waals surface area contributed by atoms with Crippen LogP contribution < -0.4 is 10.1 Å². The van der Waals surface area contributed by atoms with Gasteiger partial charge in [-0.2, -0.15) is 8.78 Å². The number of hydrogen-bond donors (Lipinski definition) is 1. The lowest BCUT2D eigenvalue weighted by Crippen LogP contribution is -2.15. The number of hydrogen-bond acceptors (Lipinski definition) is 5. The minimum Gasteiger partial charge on any atom is -0.493 e. The van der Waals surface area contributed by atoms with Crippen LogP contribution >= 0.6 is 34.7 Å². The number of benzene rings is 2. The smallest absolute Gasteiger partial charge is 0.289 e. The fourth-order valence-corrected chi connectivity index (χ4v) is 4.37. The van der Waals surface area contributed by atoms with Crippen LogP contribution in [-0.4, -0.2) is 23.3 Å². The van der Waals surface area contributed by atoms with E-state index in [1.54, 1.807) is 17.5 Å². The number of aromatic nitrogens is 1. The Morgan fingerprint density at radius 3 is 2.83 bits per heavy atom. The SMILES string of the molecule is CCOc1ccccc1-c1nc(CC(=O)Nc2cccc(Cl)c2SC(F)F)cs1. The number of nitrogens with one attached hydrogen (secondary N) is 1. The highest BCUT2D eigenvalue weighted by Gasteiger charge is 2.17. The lowest BCUT2D eigenvalue weighted by Gasteiger charge is -2.11. The number of amides is 1. The van der Waals surface area contributed by atoms with E-state index >= 15 is 0 Å². The van der Waals surface area contributed by atoms with Gasteiger partial charge in [-0.05, 0) is 31.2 Å². The summed E-state index contributed by atoms with van der Waals surface area (Å²) in [5.74, 6) is -2.27. The van der Waals surface area contributed by atoms with Crippen LogP contribution in [-0.2, 0) is 11.2 Å². The molecule has 0 aliphatic rings. The number of carbonyl (C=O) groups is 1. The largest absolute Gasteiger partial charge is 0.493 e. The molecule has 0 saturated heterocycles. The number of ether oxygens (including phenoxy) is 1. The molecule has 29 heavy (non-hydrogen) atoms. The Labute approximate surface area is 180 Å². The summed E-state index contributed by atoms with van der Waals surface area (Å²) in [6.45, 7) is 2.45. The molecule has 0 bridgehead atoms. The van der Waals surface area contributed by atoms with Crippen LogP contribution in [0.5, 0.6) is 5.75 Å². The molecule has 0 unspecified atom stereocenters. The van der Waals surface area contributed by atoms with E-state index in [2.05, 4.69) is 10.3 Å². The van der Waals surface area contributed by atoms with Crippen molar-refractivity contribution >= 4 is 46.3 Å². The monoisotopic (exact) mass is 454 g/mol. The van der Waals surface area contributed by atoms with Crippen molar-refractivity contribution in [3.63, 3.8) is 0 Å². The molecule has 4 nitrogen and oxygen atoms in total. The molecule has 9 heteroatoms. The van der Waals surface area contributed by atoms with Crippen LogP contribution in [0.3, 0.4) is 0 Å². The number of para-hydroxylation sites is 1. The standard InChI is InChI=1S/C20H17ClF2N2O2S2/c1-2-27-16-9-4-3-6-13(16)19-24-12(11-28-19)10-17(26)25-15-8-5-7-14(21)18(15)29-20(22)23/h3-9,11,20H,2,10H2,1H3,(H,25,26). The summed E-state index contributed by atoms with van der Waals surface area (Å²) in [6.07, 6.45) is 0.0125. The maximum Gasteiger partial charge on any atom is 0.289 e. The van der Waals surface area contributed by atoms with Crippen molar-refractivity contribution < 1.29 is 18.3 Å². The van der Waals surface area contributed by atoms with Crippen molar-refractivity contribution in [1.82, 2.24) is 4.98 Å². The zero-order valence-electron chi connectivity index (χ0n) is 15.3. The highest BCUT2D eigenvalue weighted by atomic mass is 35.5. The highest BCUT2D eigenvalue weighted by molar-refractivity contribution is 7.99. The number of halogens is 3. The van der Waals surface area contributed by atoms with Gasteiger partial charge in [-0.3, -0.25) is 4.79 Å². The van der Waals surface area contributed by atoms with Gasteiger partial charge in [0.1, 0.15) is 10.8 Å². The third-order valence-corrected chi connectivity index (χ3v) is 5.96. The fourth-order valence-electron chi connectivity index (χ4n) is 2.61. The Kier molecular flexibility index (Phi) is 7.46. The number of nitrogens with zero attached hydrogens (tertiary/aromatic N) is 1. The van der Waals surface area contributed by atoms with Crippen molar-refractivity contribution in [1.29, 1.82) is 0 Å². The Bertz CT molecular complexity index is 998. The van der Waals surface area contributed by atoms with Gasteiger partial charge in [-0.1, -0.05) is 41.6 Å². The molecule has 0 spiro atoms. The van der Waals surface area contributed by atoms with Gasteiger partial charge in [0.05, 0.1) is 39.9 Å². The van der Waals surface area contributed by atoms with E-state index in [1.807, 2.05) is 31.2 Å². The molecule has 0 atom stereocenters. The molecule has 3 rings (SSSR count). The summed E-state index contributed by atoms with van der Waals surface area (Å²) in [4.78, 5) is 17.1. The predicted molar refractivity (Wildman–Crippen MR) is 114 cm³/mol. The van der Waals surface area contributed by atoms with Crippen LogP contribution in [0.4, 0.5) is 14.5 Å². The minimum atomic E-state index is -2.64. The fraction of sp³-hybridized carbons (Fsp3) is 0.200. The van der Waals surface area contributed by atoms with E-state index < -0.39 is 5.76 Å². The Balaban J connectivity index is 1.73. The number of rotatable bonds is 8. The van der Waals surface area contributed by atoms with Crippen molar-refractivity contribution in [2.75, 3.05) is 11.9 Å². The number of anilines is 1. The minimum absolute atomic E-state index is 0.0125. The summed E-state index contributed by atoms with van der Waals surface area (Å²) < 4.78 is 31.2. The average Bonchev–Trinajstić information content (AvgIpc) is 3.13. The Hall–Kier alpha value is -2.16. The molecule has 0 aliphatic heterocycles. The normalized spacial score (nSPS) is 10.9. The van der Waals surface area contributed by atoms with E-state index in [9.17, 15) is 13.6 Å². The molecule has 1 heterocycles. The van der Waals surface area contributed by atoms with Gasteiger partial charge in [-0.25, -0.2) is 4.98 Å². The maximum absolute atomic E-state index is 12.8. The van der Waals surface area contributed by atoms with Crippen LogP contribution in [0.25, 0.3) is 10.6 Å². The van der Waals surface area contributed by atoms with Crippen molar-refractivity contribution in [2.45, 2.75) is 24.0 Å². The lowest BCUT2D eigenvalue weighted by molar-refractivity contribution is -0.115. The van der Waals surface area contributed by atoms with Crippen LogP contribution in [0.15, 0.2) is 52.7 Å². The molecule has 1 aromatic heterocycles. The van der Waals surface area contributed by atoms with Gasteiger partial charge >= 0.3 is 0 Å². The number of carbonyl (C=O) groups excluding carboxylic acids is 1. The second-order valence-electron chi connectivity index (χ2n) is 5.79. The van der Waals surface area contributed by atoms with E-state index in [1.165, 1.54) is 17.4 Å². The first-order valence-corrected chi connectivity index (χ1v) is 10.8. The van der Waals surface area contributed by atoms with E-state index in [-0.39, 0.29) is 27.9 Å². The number of thioether (sulfide) groups is 1. The highest BCUT2D eigenvalue weighted by Crippen LogP contribution is 2.38. The second-order valence-corrected chi connectivity index (χ2v) is 8.06. The summed E-state index contributed by atoms with van der Waals surface area (Å²) in [6, 6.07) is 12.2.